The Bertz CT molecular complexity index is 643. The number of hydrogen-bond acceptors (Lipinski definition) is 4. The van der Waals surface area contributed by atoms with Gasteiger partial charge in [0.05, 0.1) is 16.5 Å². The molecule has 0 saturated heterocycles. The Hall–Kier alpha value is -1.42. The molecule has 1 aromatic rings. The second kappa shape index (κ2) is 5.52. The van der Waals surface area contributed by atoms with Gasteiger partial charge in [-0.3, -0.25) is 0 Å². The molecule has 20 heavy (non-hydrogen) atoms. The second-order valence-electron chi connectivity index (χ2n) is 5.39. The summed E-state index contributed by atoms with van der Waals surface area (Å²) in [6.07, 6.45) is 2.52. The van der Waals surface area contributed by atoms with E-state index >= 15 is 0 Å². The highest BCUT2D eigenvalue weighted by molar-refractivity contribution is 7.89. The molecule has 0 heterocycles. The highest BCUT2D eigenvalue weighted by atomic mass is 32.2. The van der Waals surface area contributed by atoms with Gasteiger partial charge in [-0.15, -0.1) is 0 Å². The molecule has 0 bridgehead atoms. The number of nitrogens with one attached hydrogen (secondary N) is 1. The number of aliphatic hydroxyl groups is 1. The van der Waals surface area contributed by atoms with E-state index in [0.29, 0.717) is 24.1 Å². The molecule has 0 spiro atoms. The summed E-state index contributed by atoms with van der Waals surface area (Å²) >= 11 is 0. The van der Waals surface area contributed by atoms with Gasteiger partial charge in [0.15, 0.2) is 0 Å². The van der Waals surface area contributed by atoms with Crippen LogP contribution in [0.2, 0.25) is 0 Å². The van der Waals surface area contributed by atoms with E-state index in [1.165, 1.54) is 18.2 Å². The van der Waals surface area contributed by atoms with E-state index in [1.54, 1.807) is 6.92 Å². The molecule has 2 N–H and O–H groups in total. The van der Waals surface area contributed by atoms with Crippen LogP contribution >= 0.6 is 0 Å². The minimum atomic E-state index is -3.56. The number of sulfonamides is 1. The first-order valence-corrected chi connectivity index (χ1v) is 8.02. The lowest BCUT2D eigenvalue weighted by Gasteiger charge is -2.15. The minimum absolute atomic E-state index is 0.0660. The maximum Gasteiger partial charge on any atom is 0.240 e. The third kappa shape index (κ3) is 3.18. The van der Waals surface area contributed by atoms with E-state index in [-0.39, 0.29) is 16.9 Å². The van der Waals surface area contributed by atoms with Crippen molar-refractivity contribution < 1.29 is 13.5 Å². The standard InChI is InChI=1S/C14H18N2O3S/c1-11-8-13(3-2-12(11)9-15)20(18,19)16-10-14(4-5-14)6-7-17/h2-3,8,16-17H,4-7,10H2,1H3. The molecule has 1 aromatic carbocycles. The zero-order chi connectivity index (χ0) is 14.8. The average Bonchev–Trinajstić information content (AvgIpc) is 3.17. The number of rotatable bonds is 6. The van der Waals surface area contributed by atoms with Crippen molar-refractivity contribution in [1.82, 2.24) is 4.72 Å². The average molecular weight is 294 g/mol. The Morgan fingerprint density at radius 3 is 2.65 bits per heavy atom. The summed E-state index contributed by atoms with van der Waals surface area (Å²) in [5.41, 5.74) is 1.05. The van der Waals surface area contributed by atoms with Crippen LogP contribution in [0.15, 0.2) is 23.1 Å². The molecule has 0 aliphatic heterocycles. The number of hydrogen-bond donors (Lipinski definition) is 2. The Kier molecular flexibility index (Phi) is 4.14. The number of aliphatic hydroxyl groups excluding tert-OH is 1. The lowest BCUT2D eigenvalue weighted by molar-refractivity contribution is 0.249. The maximum atomic E-state index is 12.2. The van der Waals surface area contributed by atoms with Gasteiger partial charge in [0.25, 0.3) is 0 Å². The third-order valence-electron chi connectivity index (χ3n) is 3.87. The predicted octanol–water partition coefficient (Wildman–Crippen LogP) is 1.31. The molecule has 0 amide bonds. The van der Waals surface area contributed by atoms with Crippen LogP contribution in [-0.4, -0.2) is 26.7 Å². The minimum Gasteiger partial charge on any atom is -0.396 e. The molecular weight excluding hydrogens is 276 g/mol. The van der Waals surface area contributed by atoms with Crippen LogP contribution in [0.4, 0.5) is 0 Å². The molecule has 1 aliphatic carbocycles. The molecular formula is C14H18N2O3S. The fourth-order valence-corrected chi connectivity index (χ4v) is 3.43. The first kappa shape index (κ1) is 15.0. The summed E-state index contributed by atoms with van der Waals surface area (Å²) in [7, 11) is -3.56. The summed E-state index contributed by atoms with van der Waals surface area (Å²) in [5.74, 6) is 0. The topological polar surface area (TPSA) is 90.2 Å². The van der Waals surface area contributed by atoms with Gasteiger partial charge in [-0.25, -0.2) is 13.1 Å². The van der Waals surface area contributed by atoms with Crippen LogP contribution in [0.3, 0.4) is 0 Å². The Balaban J connectivity index is 2.11. The Morgan fingerprint density at radius 1 is 1.45 bits per heavy atom. The van der Waals surface area contributed by atoms with Crippen LogP contribution in [0.1, 0.15) is 30.4 Å². The highest BCUT2D eigenvalue weighted by Crippen LogP contribution is 2.48. The maximum absolute atomic E-state index is 12.2. The summed E-state index contributed by atoms with van der Waals surface area (Å²) in [6.45, 7) is 2.15. The van der Waals surface area contributed by atoms with Crippen LogP contribution < -0.4 is 4.72 Å². The van der Waals surface area contributed by atoms with Crippen LogP contribution in [-0.2, 0) is 10.0 Å². The molecule has 1 fully saturated rings. The molecule has 1 saturated carbocycles. The van der Waals surface area contributed by atoms with E-state index < -0.39 is 10.0 Å². The van der Waals surface area contributed by atoms with Crippen LogP contribution in [0, 0.1) is 23.7 Å². The number of aryl methyl sites for hydroxylation is 1. The van der Waals surface area contributed by atoms with E-state index in [1.807, 2.05) is 6.07 Å². The van der Waals surface area contributed by atoms with E-state index in [4.69, 9.17) is 10.4 Å². The van der Waals surface area contributed by atoms with Crippen molar-refractivity contribution in [2.45, 2.75) is 31.1 Å². The molecule has 0 aromatic heterocycles. The zero-order valence-electron chi connectivity index (χ0n) is 11.4. The Labute approximate surface area is 119 Å². The van der Waals surface area contributed by atoms with Gasteiger partial charge in [-0.05, 0) is 55.4 Å². The molecule has 6 heteroatoms. The lowest BCUT2D eigenvalue weighted by Crippen LogP contribution is -2.30. The van der Waals surface area contributed by atoms with E-state index in [0.717, 1.165) is 12.8 Å². The number of nitrogens with zero attached hydrogens (tertiary/aromatic N) is 1. The van der Waals surface area contributed by atoms with Crippen molar-refractivity contribution in [1.29, 1.82) is 5.26 Å². The molecule has 2 rings (SSSR count). The van der Waals surface area contributed by atoms with Gasteiger partial charge < -0.3 is 5.11 Å². The molecule has 1 aliphatic rings. The summed E-state index contributed by atoms with van der Waals surface area (Å²) in [5, 5.41) is 17.8. The SMILES string of the molecule is Cc1cc(S(=O)(=O)NCC2(CCO)CC2)ccc1C#N. The number of benzene rings is 1. The molecule has 5 nitrogen and oxygen atoms in total. The summed E-state index contributed by atoms with van der Waals surface area (Å²) < 4.78 is 27.0. The zero-order valence-corrected chi connectivity index (χ0v) is 12.2. The fourth-order valence-electron chi connectivity index (χ4n) is 2.19. The number of nitriles is 1. The normalized spacial score (nSPS) is 16.6. The molecule has 0 unspecified atom stereocenters. The van der Waals surface area contributed by atoms with Crippen molar-refractivity contribution in [3.05, 3.63) is 29.3 Å². The van der Waals surface area contributed by atoms with Gasteiger partial charge in [0.2, 0.25) is 10.0 Å². The van der Waals surface area contributed by atoms with Gasteiger partial charge >= 0.3 is 0 Å². The monoisotopic (exact) mass is 294 g/mol. The van der Waals surface area contributed by atoms with Gasteiger partial charge in [0.1, 0.15) is 0 Å². The quantitative estimate of drug-likeness (QED) is 0.827. The largest absolute Gasteiger partial charge is 0.396 e. The van der Waals surface area contributed by atoms with Crippen molar-refractivity contribution >= 4 is 10.0 Å². The molecule has 108 valence electrons. The van der Waals surface area contributed by atoms with Crippen molar-refractivity contribution in [2.75, 3.05) is 13.2 Å². The van der Waals surface area contributed by atoms with E-state index in [2.05, 4.69) is 4.72 Å². The molecule has 0 radical (unpaired) electrons. The van der Waals surface area contributed by atoms with Crippen molar-refractivity contribution in [2.24, 2.45) is 5.41 Å². The van der Waals surface area contributed by atoms with Crippen LogP contribution in [0.5, 0.6) is 0 Å². The van der Waals surface area contributed by atoms with Gasteiger partial charge in [-0.1, -0.05) is 0 Å². The second-order valence-corrected chi connectivity index (χ2v) is 7.15. The lowest BCUT2D eigenvalue weighted by atomic mass is 10.0. The summed E-state index contributed by atoms with van der Waals surface area (Å²) in [4.78, 5) is 0.175. The van der Waals surface area contributed by atoms with Crippen molar-refractivity contribution in [3.63, 3.8) is 0 Å². The summed E-state index contributed by atoms with van der Waals surface area (Å²) in [6, 6.07) is 6.48. The fraction of sp³-hybridized carbons (Fsp3) is 0.500. The molecule has 0 atom stereocenters. The van der Waals surface area contributed by atoms with Gasteiger partial charge in [-0.2, -0.15) is 5.26 Å². The third-order valence-corrected chi connectivity index (χ3v) is 5.26. The van der Waals surface area contributed by atoms with Crippen molar-refractivity contribution in [3.8, 4) is 6.07 Å². The highest BCUT2D eigenvalue weighted by Gasteiger charge is 2.42. The first-order chi connectivity index (χ1) is 9.42. The van der Waals surface area contributed by atoms with Gasteiger partial charge in [0, 0.05) is 13.2 Å². The van der Waals surface area contributed by atoms with Crippen LogP contribution in [0.25, 0.3) is 0 Å². The smallest absolute Gasteiger partial charge is 0.240 e. The predicted molar refractivity (Wildman–Crippen MR) is 74.5 cm³/mol. The first-order valence-electron chi connectivity index (χ1n) is 6.54. The van der Waals surface area contributed by atoms with E-state index in [9.17, 15) is 8.42 Å². The Morgan fingerprint density at radius 2 is 2.15 bits per heavy atom.